The van der Waals surface area contributed by atoms with Crippen LogP contribution in [0.4, 0.5) is 4.79 Å². The topological polar surface area (TPSA) is 55.4 Å². The quantitative estimate of drug-likeness (QED) is 0.676. The number of nitrogens with one attached hydrogen (secondary N) is 1. The van der Waals surface area contributed by atoms with E-state index in [1.54, 1.807) is 27.1 Å². The maximum atomic E-state index is 10.9. The lowest BCUT2D eigenvalue weighted by Crippen LogP contribution is -2.38. The van der Waals surface area contributed by atoms with Crippen molar-refractivity contribution in [1.29, 1.82) is 0 Å². The molecule has 0 saturated carbocycles. The summed E-state index contributed by atoms with van der Waals surface area (Å²) in [6.07, 6.45) is 1.02. The largest absolute Gasteiger partial charge is 0.444 e. The van der Waals surface area contributed by atoms with Crippen molar-refractivity contribution in [2.24, 2.45) is 0 Å². The zero-order chi connectivity index (χ0) is 9.78. The Kier molecular flexibility index (Phi) is 3.73. The second kappa shape index (κ2) is 4.09. The molecule has 0 rings (SSSR count). The average molecular weight is 172 g/mol. The minimum atomic E-state index is -0.625. The molecule has 0 spiro atoms. The number of rotatable bonds is 2. The molecular weight excluding hydrogens is 158 g/mol. The number of ether oxygens (including phenoxy) is 1. The van der Waals surface area contributed by atoms with Crippen LogP contribution in [0.1, 0.15) is 27.7 Å². The normalized spacial score (nSPS) is 13.3. The molecule has 12 heavy (non-hydrogen) atoms. The van der Waals surface area contributed by atoms with Gasteiger partial charge < -0.3 is 10.1 Å². The summed E-state index contributed by atoms with van der Waals surface area (Å²) >= 11 is 0. The Bertz CT molecular complexity index is 172. The predicted octanol–water partition coefficient (Wildman–Crippen LogP) is 1.01. The van der Waals surface area contributed by atoms with Gasteiger partial charge in [-0.25, -0.2) is 4.79 Å². The Hall–Kier alpha value is -1.06. The van der Waals surface area contributed by atoms with Gasteiger partial charge in [-0.05, 0) is 27.7 Å². The summed E-state index contributed by atoms with van der Waals surface area (Å²) in [5, 5.41) is 2.30. The molecule has 0 aromatic carbocycles. The molecule has 0 fully saturated rings. The number of alkyl carbamates (subject to hydrolysis) is 1. The lowest BCUT2D eigenvalue weighted by molar-refractivity contribution is 0.0520. The molecule has 0 aliphatic carbocycles. The number of amides is 1. The summed E-state index contributed by atoms with van der Waals surface area (Å²) in [6, 6.07) is -0.625. The van der Waals surface area contributed by atoms with Gasteiger partial charge in [-0.1, -0.05) is 0 Å². The third-order valence-corrected chi connectivity index (χ3v) is 0.910. The Morgan fingerprint density at radius 3 is 2.33 bits per heavy atom. The lowest BCUT2D eigenvalue weighted by atomic mass is 10.2. The molecule has 4 heteroatoms. The van der Waals surface area contributed by atoms with Gasteiger partial charge in [0.1, 0.15) is 5.60 Å². The van der Waals surface area contributed by atoms with Crippen LogP contribution in [0.15, 0.2) is 0 Å². The van der Waals surface area contributed by atoms with Crippen molar-refractivity contribution in [3.8, 4) is 0 Å². The first-order valence-corrected chi connectivity index (χ1v) is 3.72. The highest BCUT2D eigenvalue weighted by Crippen LogP contribution is 2.06. The Morgan fingerprint density at radius 1 is 1.50 bits per heavy atom. The fraction of sp³-hybridized carbons (Fsp3) is 0.750. The van der Waals surface area contributed by atoms with Crippen molar-refractivity contribution >= 4 is 12.4 Å². The molecule has 0 aliphatic heterocycles. The molecule has 0 aromatic rings. The minimum absolute atomic E-state index is 0.535. The molecule has 1 atom stereocenters. The van der Waals surface area contributed by atoms with E-state index >= 15 is 0 Å². The average Bonchev–Trinajstić information content (AvgIpc) is 1.82. The van der Waals surface area contributed by atoms with Crippen LogP contribution >= 0.6 is 0 Å². The van der Waals surface area contributed by atoms with Crippen molar-refractivity contribution in [3.63, 3.8) is 0 Å². The number of hydrogen-bond donors (Lipinski definition) is 1. The molecule has 0 aromatic heterocycles. The molecular formula is C8H14NO3. The van der Waals surface area contributed by atoms with Gasteiger partial charge in [0.05, 0.1) is 6.04 Å². The smallest absolute Gasteiger partial charge is 0.408 e. The van der Waals surface area contributed by atoms with Crippen LogP contribution in [0.25, 0.3) is 0 Å². The van der Waals surface area contributed by atoms with Crippen molar-refractivity contribution in [3.05, 3.63) is 0 Å². The Labute approximate surface area is 72.3 Å². The van der Waals surface area contributed by atoms with Crippen molar-refractivity contribution in [1.82, 2.24) is 5.32 Å². The van der Waals surface area contributed by atoms with Crippen LogP contribution in [-0.2, 0) is 9.53 Å². The molecule has 0 saturated heterocycles. The van der Waals surface area contributed by atoms with Crippen LogP contribution < -0.4 is 5.32 Å². The molecule has 69 valence electrons. The zero-order valence-electron chi connectivity index (χ0n) is 7.80. The Morgan fingerprint density at radius 2 is 2.00 bits per heavy atom. The fourth-order valence-electron chi connectivity index (χ4n) is 0.514. The summed E-state index contributed by atoms with van der Waals surface area (Å²) in [6.45, 7) is 6.78. The summed E-state index contributed by atoms with van der Waals surface area (Å²) in [5.41, 5.74) is -0.535. The maximum Gasteiger partial charge on any atom is 0.408 e. The van der Waals surface area contributed by atoms with E-state index in [9.17, 15) is 9.59 Å². The number of carbonyl (C=O) groups excluding carboxylic acids is 2. The molecule has 0 aliphatic rings. The zero-order valence-corrected chi connectivity index (χ0v) is 7.80. The van der Waals surface area contributed by atoms with E-state index in [-0.39, 0.29) is 0 Å². The van der Waals surface area contributed by atoms with Crippen LogP contribution in [0.3, 0.4) is 0 Å². The highest BCUT2D eigenvalue weighted by Gasteiger charge is 2.17. The molecule has 0 heterocycles. The van der Waals surface area contributed by atoms with Crippen LogP contribution in [0.2, 0.25) is 0 Å². The van der Waals surface area contributed by atoms with Crippen molar-refractivity contribution < 1.29 is 14.3 Å². The molecule has 1 N–H and O–H groups in total. The predicted molar refractivity (Wildman–Crippen MR) is 44.5 cm³/mol. The molecule has 4 nitrogen and oxygen atoms in total. The van der Waals surface area contributed by atoms with E-state index < -0.39 is 17.7 Å². The van der Waals surface area contributed by atoms with Crippen LogP contribution in [0.5, 0.6) is 0 Å². The van der Waals surface area contributed by atoms with Gasteiger partial charge in [0, 0.05) is 0 Å². The molecule has 0 unspecified atom stereocenters. The van der Waals surface area contributed by atoms with Gasteiger partial charge >= 0.3 is 6.09 Å². The third kappa shape index (κ3) is 5.70. The van der Waals surface area contributed by atoms with Gasteiger partial charge in [-0.15, -0.1) is 0 Å². The summed E-state index contributed by atoms with van der Waals surface area (Å²) in [4.78, 5) is 20.9. The van der Waals surface area contributed by atoms with E-state index in [4.69, 9.17) is 4.74 Å². The summed E-state index contributed by atoms with van der Waals surface area (Å²) in [7, 11) is 0. The molecule has 0 bridgehead atoms. The van der Waals surface area contributed by atoms with Crippen molar-refractivity contribution in [2.75, 3.05) is 0 Å². The van der Waals surface area contributed by atoms with Crippen LogP contribution in [0, 0.1) is 0 Å². The first-order valence-electron chi connectivity index (χ1n) is 3.72. The highest BCUT2D eigenvalue weighted by molar-refractivity contribution is 5.73. The number of carbonyl (C=O) groups is 1. The molecule has 1 radical (unpaired) electrons. The van der Waals surface area contributed by atoms with E-state index in [1.165, 1.54) is 6.92 Å². The van der Waals surface area contributed by atoms with Crippen LogP contribution in [-0.4, -0.2) is 24.0 Å². The Balaban J connectivity index is 3.82. The monoisotopic (exact) mass is 172 g/mol. The van der Waals surface area contributed by atoms with E-state index in [2.05, 4.69) is 5.32 Å². The standard InChI is InChI=1S/C8H14NO3/c1-6(5-10)9-7(11)12-8(2,3)4/h6H,1-4H3,(H,9,11)/t6-/m1/s1. The van der Waals surface area contributed by atoms with Gasteiger partial charge in [-0.2, -0.15) is 0 Å². The summed E-state index contributed by atoms with van der Waals surface area (Å²) in [5.74, 6) is 0. The first-order chi connectivity index (χ1) is 5.35. The van der Waals surface area contributed by atoms with E-state index in [0.717, 1.165) is 0 Å². The van der Waals surface area contributed by atoms with Gasteiger partial charge in [-0.3, -0.25) is 4.79 Å². The summed E-state index contributed by atoms with van der Waals surface area (Å²) < 4.78 is 4.88. The van der Waals surface area contributed by atoms with Gasteiger partial charge in [0.25, 0.3) is 0 Å². The second-order valence-electron chi connectivity index (χ2n) is 3.49. The maximum absolute atomic E-state index is 10.9. The van der Waals surface area contributed by atoms with Gasteiger partial charge in [0.2, 0.25) is 6.29 Å². The minimum Gasteiger partial charge on any atom is -0.444 e. The van der Waals surface area contributed by atoms with Crippen molar-refractivity contribution in [2.45, 2.75) is 39.3 Å². The number of hydrogen-bond acceptors (Lipinski definition) is 3. The van der Waals surface area contributed by atoms with Gasteiger partial charge in [0.15, 0.2) is 0 Å². The lowest BCUT2D eigenvalue weighted by Gasteiger charge is -2.20. The second-order valence-corrected chi connectivity index (χ2v) is 3.49. The third-order valence-electron chi connectivity index (χ3n) is 0.910. The SMILES string of the molecule is C[C@H]([C]=O)NC(=O)OC(C)(C)C. The molecule has 1 amide bonds. The van der Waals surface area contributed by atoms with E-state index in [1.807, 2.05) is 0 Å². The van der Waals surface area contributed by atoms with E-state index in [0.29, 0.717) is 0 Å². The highest BCUT2D eigenvalue weighted by atomic mass is 16.6. The first kappa shape index (κ1) is 10.9. The fourth-order valence-corrected chi connectivity index (χ4v) is 0.514.